The Bertz CT molecular complexity index is 1250. The zero-order valence-electron chi connectivity index (χ0n) is 21.4. The Labute approximate surface area is 223 Å². The number of aromatic carboxylic acids is 1. The second kappa shape index (κ2) is 10.0. The van der Waals surface area contributed by atoms with Gasteiger partial charge in [-0.05, 0) is 55.7 Å². The maximum absolute atomic E-state index is 13.1. The van der Waals surface area contributed by atoms with Gasteiger partial charge in [0.25, 0.3) is 0 Å². The molecule has 0 radical (unpaired) electrons. The highest BCUT2D eigenvalue weighted by atomic mass is 19.4. The number of aromatic nitrogens is 1. The predicted octanol–water partition coefficient (Wildman–Crippen LogP) is 5.19. The molecule has 3 unspecified atom stereocenters. The molecule has 3 fully saturated rings. The number of carbonyl (C=O) groups is 1. The third kappa shape index (κ3) is 5.42. The lowest BCUT2D eigenvalue weighted by molar-refractivity contribution is -0.275. The van der Waals surface area contributed by atoms with E-state index in [0.29, 0.717) is 17.4 Å². The first-order chi connectivity index (χ1) is 18.7. The summed E-state index contributed by atoms with van der Waals surface area (Å²) in [6.07, 6.45) is 0.390. The maximum Gasteiger partial charge on any atom is 0.573 e. The Balaban J connectivity index is 1.13. The number of pyridine rings is 1. The number of hydroxylamine groups is 2. The SMILES string of the molecule is CN1OC(C2CC2)=C(COC2CC3CN(c4ccc(C(=O)O)cn4)C[C@@H]3C2)C1c1ccccc1OC(F)(F)F. The minimum Gasteiger partial charge on any atom is -0.478 e. The highest BCUT2D eigenvalue weighted by Gasteiger charge is 2.45. The number of rotatable bonds is 8. The Morgan fingerprint density at radius 3 is 2.46 bits per heavy atom. The average molecular weight is 546 g/mol. The molecule has 208 valence electrons. The molecule has 4 atom stereocenters. The summed E-state index contributed by atoms with van der Waals surface area (Å²) >= 11 is 0. The monoisotopic (exact) mass is 545 g/mol. The number of allylic oxidation sites excluding steroid dienone is 1. The number of nitrogens with zero attached hydrogens (tertiary/aromatic N) is 3. The molecular weight excluding hydrogens is 515 g/mol. The second-order valence-electron chi connectivity index (χ2n) is 10.8. The second-order valence-corrected chi connectivity index (χ2v) is 10.8. The van der Waals surface area contributed by atoms with Gasteiger partial charge in [-0.1, -0.05) is 18.2 Å². The zero-order valence-corrected chi connectivity index (χ0v) is 21.4. The van der Waals surface area contributed by atoms with Crippen LogP contribution < -0.4 is 9.64 Å². The molecule has 4 aliphatic rings. The van der Waals surface area contributed by atoms with Gasteiger partial charge in [0.15, 0.2) is 0 Å². The molecule has 0 spiro atoms. The molecule has 6 rings (SSSR count). The van der Waals surface area contributed by atoms with Crippen LogP contribution in [0.15, 0.2) is 53.9 Å². The number of anilines is 1. The van der Waals surface area contributed by atoms with Gasteiger partial charge in [0.05, 0.1) is 18.3 Å². The van der Waals surface area contributed by atoms with Crippen molar-refractivity contribution in [2.45, 2.75) is 44.2 Å². The van der Waals surface area contributed by atoms with Crippen molar-refractivity contribution < 1.29 is 37.4 Å². The number of ether oxygens (including phenoxy) is 2. The molecule has 2 aliphatic heterocycles. The summed E-state index contributed by atoms with van der Waals surface area (Å²) in [5, 5.41) is 10.7. The summed E-state index contributed by atoms with van der Waals surface area (Å²) in [4.78, 5) is 23.7. The van der Waals surface area contributed by atoms with Crippen LogP contribution in [0.2, 0.25) is 0 Å². The quantitative estimate of drug-likeness (QED) is 0.485. The Morgan fingerprint density at radius 1 is 1.13 bits per heavy atom. The molecule has 0 bridgehead atoms. The number of para-hydroxylation sites is 1. The molecule has 3 heterocycles. The fraction of sp³-hybridized carbons (Fsp3) is 0.500. The number of benzene rings is 1. The van der Waals surface area contributed by atoms with E-state index in [1.54, 1.807) is 36.4 Å². The van der Waals surface area contributed by atoms with E-state index in [2.05, 4.69) is 14.6 Å². The fourth-order valence-corrected chi connectivity index (χ4v) is 6.24. The van der Waals surface area contributed by atoms with E-state index in [9.17, 15) is 18.0 Å². The van der Waals surface area contributed by atoms with Crippen molar-refractivity contribution in [2.24, 2.45) is 17.8 Å². The third-order valence-electron chi connectivity index (χ3n) is 8.14. The van der Waals surface area contributed by atoms with Crippen LogP contribution in [0.5, 0.6) is 5.75 Å². The van der Waals surface area contributed by atoms with E-state index in [1.165, 1.54) is 18.3 Å². The molecule has 2 saturated carbocycles. The van der Waals surface area contributed by atoms with Gasteiger partial charge in [0.1, 0.15) is 23.4 Å². The van der Waals surface area contributed by atoms with Gasteiger partial charge in [-0.25, -0.2) is 9.78 Å². The standard InChI is InChI=1S/C28H30F3N3O5/c1-33-25(21-4-2-3-5-23(21)38-28(29,30)31)22(26(39-33)16-6-7-16)15-37-20-10-18-13-34(14-19(18)11-20)24-9-8-17(12-32-24)27(35)36/h2-5,8-9,12,16,18-20,25H,6-7,10-11,13-15H2,1H3,(H,35,36)/t18-,19?,20?,25?/m0/s1. The van der Waals surface area contributed by atoms with Crippen molar-refractivity contribution in [1.82, 2.24) is 10.0 Å². The van der Waals surface area contributed by atoms with Crippen LogP contribution in [0.25, 0.3) is 0 Å². The molecule has 1 N–H and O–H groups in total. The van der Waals surface area contributed by atoms with Crippen LogP contribution in [0.3, 0.4) is 0 Å². The van der Waals surface area contributed by atoms with E-state index in [1.807, 2.05) is 0 Å². The van der Waals surface area contributed by atoms with Crippen molar-refractivity contribution >= 4 is 11.8 Å². The van der Waals surface area contributed by atoms with E-state index in [0.717, 1.165) is 55.9 Å². The number of halogens is 3. The van der Waals surface area contributed by atoms with E-state index >= 15 is 0 Å². The largest absolute Gasteiger partial charge is 0.573 e. The smallest absolute Gasteiger partial charge is 0.478 e. The summed E-state index contributed by atoms with van der Waals surface area (Å²) in [5.74, 6) is 1.50. The van der Waals surface area contributed by atoms with Crippen molar-refractivity contribution in [3.05, 3.63) is 65.1 Å². The molecule has 39 heavy (non-hydrogen) atoms. The lowest BCUT2D eigenvalue weighted by atomic mass is 9.96. The summed E-state index contributed by atoms with van der Waals surface area (Å²) in [7, 11) is 1.73. The molecule has 1 aromatic heterocycles. The van der Waals surface area contributed by atoms with Crippen molar-refractivity contribution in [2.75, 3.05) is 31.6 Å². The molecule has 2 aliphatic carbocycles. The lowest BCUT2D eigenvalue weighted by Crippen LogP contribution is -2.26. The minimum atomic E-state index is -4.79. The summed E-state index contributed by atoms with van der Waals surface area (Å²) < 4.78 is 50.2. The van der Waals surface area contributed by atoms with E-state index in [4.69, 9.17) is 14.7 Å². The van der Waals surface area contributed by atoms with E-state index in [-0.39, 0.29) is 29.9 Å². The zero-order chi connectivity index (χ0) is 27.3. The first kappa shape index (κ1) is 25.9. The number of hydrogen-bond acceptors (Lipinski definition) is 7. The van der Waals surface area contributed by atoms with Gasteiger partial charge in [-0.3, -0.25) is 0 Å². The molecule has 11 heteroatoms. The lowest BCUT2D eigenvalue weighted by Gasteiger charge is -2.24. The van der Waals surface area contributed by atoms with Crippen LogP contribution in [0, 0.1) is 17.8 Å². The van der Waals surface area contributed by atoms with Gasteiger partial charge in [-0.15, -0.1) is 18.2 Å². The molecule has 1 aromatic carbocycles. The van der Waals surface area contributed by atoms with Crippen molar-refractivity contribution in [3.8, 4) is 5.75 Å². The van der Waals surface area contributed by atoms with Crippen LogP contribution in [0.1, 0.15) is 47.6 Å². The fourth-order valence-electron chi connectivity index (χ4n) is 6.24. The van der Waals surface area contributed by atoms with Gasteiger partial charge >= 0.3 is 12.3 Å². The molecular formula is C28H30F3N3O5. The molecule has 2 aromatic rings. The number of carboxylic acids is 1. The Kier molecular flexibility index (Phi) is 6.66. The van der Waals surface area contributed by atoms with Gasteiger partial charge < -0.3 is 24.3 Å². The average Bonchev–Trinajstić information content (AvgIpc) is 3.43. The minimum absolute atomic E-state index is 0.0469. The van der Waals surface area contributed by atoms with E-state index < -0.39 is 18.4 Å². The predicted molar refractivity (Wildman–Crippen MR) is 134 cm³/mol. The molecule has 0 amide bonds. The van der Waals surface area contributed by atoms with Crippen LogP contribution in [-0.4, -0.2) is 60.3 Å². The number of fused-ring (bicyclic) bond motifs is 1. The normalized spacial score (nSPS) is 27.1. The molecule has 8 nitrogen and oxygen atoms in total. The van der Waals surface area contributed by atoms with Gasteiger partial charge in [-0.2, -0.15) is 0 Å². The van der Waals surface area contributed by atoms with Crippen LogP contribution in [0.4, 0.5) is 19.0 Å². The summed E-state index contributed by atoms with van der Waals surface area (Å²) in [6, 6.07) is 9.00. The number of hydrogen-bond donors (Lipinski definition) is 1. The van der Waals surface area contributed by atoms with Crippen LogP contribution in [-0.2, 0) is 9.57 Å². The van der Waals surface area contributed by atoms with Crippen LogP contribution >= 0.6 is 0 Å². The van der Waals surface area contributed by atoms with Crippen molar-refractivity contribution in [3.63, 3.8) is 0 Å². The first-order valence-corrected chi connectivity index (χ1v) is 13.2. The van der Waals surface area contributed by atoms with Crippen molar-refractivity contribution in [1.29, 1.82) is 0 Å². The topological polar surface area (TPSA) is 84.4 Å². The summed E-state index contributed by atoms with van der Waals surface area (Å²) in [5.41, 5.74) is 1.42. The molecule has 1 saturated heterocycles. The Morgan fingerprint density at radius 2 is 1.85 bits per heavy atom. The van der Waals surface area contributed by atoms with Gasteiger partial charge in [0, 0.05) is 43.4 Å². The summed E-state index contributed by atoms with van der Waals surface area (Å²) in [6.45, 7) is 1.94. The highest BCUT2D eigenvalue weighted by molar-refractivity contribution is 5.87. The maximum atomic E-state index is 13.1. The number of likely N-dealkylation sites (N-methyl/N-ethyl adjacent to an activating group) is 1. The number of alkyl halides is 3. The first-order valence-electron chi connectivity index (χ1n) is 13.2. The Hall–Kier alpha value is -3.31. The third-order valence-corrected chi connectivity index (χ3v) is 8.14. The highest BCUT2D eigenvalue weighted by Crippen LogP contribution is 2.50. The van der Waals surface area contributed by atoms with Gasteiger partial charge in [0.2, 0.25) is 0 Å². The number of carboxylic acid groups (broad SMARTS) is 1.